The second-order valence-electron chi connectivity index (χ2n) is 4.95. The van der Waals surface area contributed by atoms with Crippen LogP contribution >= 0.6 is 0 Å². The van der Waals surface area contributed by atoms with E-state index in [-0.39, 0.29) is 0 Å². The first-order chi connectivity index (χ1) is 8.77. The molecule has 18 heavy (non-hydrogen) atoms. The Morgan fingerprint density at radius 2 is 1.89 bits per heavy atom. The molecule has 2 atom stereocenters. The van der Waals surface area contributed by atoms with E-state index in [4.69, 9.17) is 4.74 Å². The average molecular weight is 249 g/mol. The van der Waals surface area contributed by atoms with E-state index in [9.17, 15) is 0 Å². The molecule has 0 aliphatic carbocycles. The standard InChI is InChI=1S/C16H27NO/c1-4-11-17-16(14(3)5-2)13-18-12-15-9-7-6-8-10-15/h6-10,14,16-17H,4-5,11-13H2,1-3H3. The van der Waals surface area contributed by atoms with E-state index in [0.29, 0.717) is 18.6 Å². The number of benzene rings is 1. The Hall–Kier alpha value is -0.860. The van der Waals surface area contributed by atoms with Gasteiger partial charge in [-0.25, -0.2) is 0 Å². The summed E-state index contributed by atoms with van der Waals surface area (Å²) in [6, 6.07) is 10.8. The first kappa shape index (κ1) is 15.2. The number of hydrogen-bond donors (Lipinski definition) is 1. The van der Waals surface area contributed by atoms with Crippen LogP contribution in [0.3, 0.4) is 0 Å². The Morgan fingerprint density at radius 1 is 1.17 bits per heavy atom. The summed E-state index contributed by atoms with van der Waals surface area (Å²) in [4.78, 5) is 0. The summed E-state index contributed by atoms with van der Waals surface area (Å²) in [6.45, 7) is 9.31. The first-order valence-corrected chi connectivity index (χ1v) is 7.13. The van der Waals surface area contributed by atoms with Gasteiger partial charge in [-0.15, -0.1) is 0 Å². The highest BCUT2D eigenvalue weighted by atomic mass is 16.5. The van der Waals surface area contributed by atoms with Crippen LogP contribution in [0.5, 0.6) is 0 Å². The fourth-order valence-electron chi connectivity index (χ4n) is 1.92. The predicted octanol–water partition coefficient (Wildman–Crippen LogP) is 3.62. The molecule has 2 unspecified atom stereocenters. The van der Waals surface area contributed by atoms with Gasteiger partial charge in [0.05, 0.1) is 13.2 Å². The van der Waals surface area contributed by atoms with Gasteiger partial charge in [-0.2, -0.15) is 0 Å². The average Bonchev–Trinajstić information content (AvgIpc) is 2.43. The summed E-state index contributed by atoms with van der Waals surface area (Å²) in [5.74, 6) is 0.660. The minimum Gasteiger partial charge on any atom is -0.375 e. The zero-order chi connectivity index (χ0) is 13.2. The lowest BCUT2D eigenvalue weighted by Crippen LogP contribution is -2.39. The Bertz CT molecular complexity index is 299. The van der Waals surface area contributed by atoms with Crippen LogP contribution in [0.2, 0.25) is 0 Å². The molecule has 0 aliphatic heterocycles. The lowest BCUT2D eigenvalue weighted by atomic mass is 10.00. The fourth-order valence-corrected chi connectivity index (χ4v) is 1.92. The van der Waals surface area contributed by atoms with Gasteiger partial charge in [0.1, 0.15) is 0 Å². The minimum atomic E-state index is 0.471. The minimum absolute atomic E-state index is 0.471. The van der Waals surface area contributed by atoms with Crippen molar-refractivity contribution < 1.29 is 4.74 Å². The SMILES string of the molecule is CCCNC(COCc1ccccc1)C(C)CC. The van der Waals surface area contributed by atoms with Crippen molar-refractivity contribution in [2.45, 2.75) is 46.3 Å². The van der Waals surface area contributed by atoms with Crippen LogP contribution in [0.25, 0.3) is 0 Å². The van der Waals surface area contributed by atoms with Crippen LogP contribution in [-0.4, -0.2) is 19.2 Å². The van der Waals surface area contributed by atoms with Crippen molar-refractivity contribution in [1.29, 1.82) is 0 Å². The Kier molecular flexibility index (Phi) is 7.70. The molecule has 0 aliphatic rings. The van der Waals surface area contributed by atoms with E-state index in [2.05, 4.69) is 50.4 Å². The summed E-state index contributed by atoms with van der Waals surface area (Å²) >= 11 is 0. The lowest BCUT2D eigenvalue weighted by Gasteiger charge is -2.24. The van der Waals surface area contributed by atoms with Gasteiger partial charge in [-0.3, -0.25) is 0 Å². The van der Waals surface area contributed by atoms with Crippen LogP contribution in [0, 0.1) is 5.92 Å². The molecule has 0 spiro atoms. The molecule has 1 N–H and O–H groups in total. The van der Waals surface area contributed by atoms with Crippen molar-refractivity contribution >= 4 is 0 Å². The summed E-state index contributed by atoms with van der Waals surface area (Å²) in [7, 11) is 0. The largest absolute Gasteiger partial charge is 0.375 e. The number of hydrogen-bond acceptors (Lipinski definition) is 2. The van der Waals surface area contributed by atoms with Crippen LogP contribution < -0.4 is 5.32 Å². The van der Waals surface area contributed by atoms with Gasteiger partial charge in [0, 0.05) is 6.04 Å². The highest BCUT2D eigenvalue weighted by Gasteiger charge is 2.14. The van der Waals surface area contributed by atoms with E-state index in [1.165, 1.54) is 18.4 Å². The smallest absolute Gasteiger partial charge is 0.0717 e. The maximum absolute atomic E-state index is 5.84. The lowest BCUT2D eigenvalue weighted by molar-refractivity contribution is 0.0832. The zero-order valence-electron chi connectivity index (χ0n) is 12.0. The summed E-state index contributed by atoms with van der Waals surface area (Å²) < 4.78 is 5.84. The molecule has 1 rings (SSSR count). The molecule has 1 aromatic rings. The van der Waals surface area contributed by atoms with Crippen LogP contribution in [0.15, 0.2) is 30.3 Å². The fraction of sp³-hybridized carbons (Fsp3) is 0.625. The summed E-state index contributed by atoms with van der Waals surface area (Å²) in [5, 5.41) is 3.58. The van der Waals surface area contributed by atoms with Crippen molar-refractivity contribution in [2.24, 2.45) is 5.92 Å². The molecular weight excluding hydrogens is 222 g/mol. The molecule has 0 saturated heterocycles. The maximum Gasteiger partial charge on any atom is 0.0717 e. The third-order valence-electron chi connectivity index (χ3n) is 3.40. The van der Waals surface area contributed by atoms with E-state index in [0.717, 1.165) is 13.2 Å². The van der Waals surface area contributed by atoms with Gasteiger partial charge in [0.25, 0.3) is 0 Å². The van der Waals surface area contributed by atoms with E-state index in [1.807, 2.05) is 6.07 Å². The second-order valence-corrected chi connectivity index (χ2v) is 4.95. The first-order valence-electron chi connectivity index (χ1n) is 7.13. The van der Waals surface area contributed by atoms with E-state index in [1.54, 1.807) is 0 Å². The molecule has 0 bridgehead atoms. The predicted molar refractivity (Wildman–Crippen MR) is 77.6 cm³/mol. The second kappa shape index (κ2) is 9.12. The van der Waals surface area contributed by atoms with Crippen molar-refractivity contribution in [1.82, 2.24) is 5.32 Å². The zero-order valence-corrected chi connectivity index (χ0v) is 12.0. The molecule has 0 amide bonds. The maximum atomic E-state index is 5.84. The van der Waals surface area contributed by atoms with Gasteiger partial charge in [0.15, 0.2) is 0 Å². The Labute approximate surface area is 112 Å². The molecule has 2 nitrogen and oxygen atoms in total. The van der Waals surface area contributed by atoms with Gasteiger partial charge in [0.2, 0.25) is 0 Å². The monoisotopic (exact) mass is 249 g/mol. The van der Waals surface area contributed by atoms with E-state index >= 15 is 0 Å². The molecule has 102 valence electrons. The van der Waals surface area contributed by atoms with E-state index < -0.39 is 0 Å². The van der Waals surface area contributed by atoms with Crippen molar-refractivity contribution in [3.8, 4) is 0 Å². The Morgan fingerprint density at radius 3 is 2.50 bits per heavy atom. The molecule has 2 heteroatoms. The third-order valence-corrected chi connectivity index (χ3v) is 3.40. The van der Waals surface area contributed by atoms with Gasteiger partial charge >= 0.3 is 0 Å². The molecule has 0 fully saturated rings. The normalized spacial score (nSPS) is 14.4. The number of ether oxygens (including phenoxy) is 1. The molecule has 1 aromatic carbocycles. The van der Waals surface area contributed by atoms with Crippen LogP contribution in [0.4, 0.5) is 0 Å². The number of rotatable bonds is 9. The van der Waals surface area contributed by atoms with Crippen molar-refractivity contribution in [2.75, 3.05) is 13.2 Å². The topological polar surface area (TPSA) is 21.3 Å². The van der Waals surface area contributed by atoms with Crippen molar-refractivity contribution in [3.63, 3.8) is 0 Å². The molecule has 0 heterocycles. The number of nitrogens with one attached hydrogen (secondary N) is 1. The van der Waals surface area contributed by atoms with Gasteiger partial charge in [-0.05, 0) is 24.4 Å². The molecule has 0 saturated carbocycles. The van der Waals surface area contributed by atoms with Crippen molar-refractivity contribution in [3.05, 3.63) is 35.9 Å². The summed E-state index contributed by atoms with van der Waals surface area (Å²) in [5.41, 5.74) is 1.25. The van der Waals surface area contributed by atoms with Crippen LogP contribution in [-0.2, 0) is 11.3 Å². The van der Waals surface area contributed by atoms with Gasteiger partial charge < -0.3 is 10.1 Å². The molecule has 0 aromatic heterocycles. The quantitative estimate of drug-likeness (QED) is 0.722. The Balaban J connectivity index is 2.32. The highest BCUT2D eigenvalue weighted by molar-refractivity contribution is 5.13. The molecule has 0 radical (unpaired) electrons. The third kappa shape index (κ3) is 5.65. The summed E-state index contributed by atoms with van der Waals surface area (Å²) in [6.07, 6.45) is 2.36. The van der Waals surface area contributed by atoms with Gasteiger partial charge in [-0.1, -0.05) is 57.5 Å². The van der Waals surface area contributed by atoms with Crippen LogP contribution in [0.1, 0.15) is 39.2 Å². The molecular formula is C16H27NO. The highest BCUT2D eigenvalue weighted by Crippen LogP contribution is 2.09.